The lowest BCUT2D eigenvalue weighted by atomic mass is 9.99. The van der Waals surface area contributed by atoms with Crippen molar-refractivity contribution in [3.63, 3.8) is 0 Å². The maximum atomic E-state index is 8.82. The minimum absolute atomic E-state index is 0.922. The lowest BCUT2D eigenvalue weighted by Crippen LogP contribution is -1.87. The molecule has 16 heavy (non-hydrogen) atoms. The fourth-order valence-corrected chi connectivity index (χ4v) is 1.55. The zero-order valence-corrected chi connectivity index (χ0v) is 8.67. The molecule has 2 aromatic rings. The highest BCUT2D eigenvalue weighted by Gasteiger charge is 2.03. The van der Waals surface area contributed by atoms with Crippen LogP contribution in [-0.2, 0) is 0 Å². The van der Waals surface area contributed by atoms with Gasteiger partial charge >= 0.3 is 0 Å². The number of nitrogens with zero attached hydrogens (tertiary/aromatic N) is 2. The van der Waals surface area contributed by atoms with Gasteiger partial charge < -0.3 is 0 Å². The summed E-state index contributed by atoms with van der Waals surface area (Å²) in [5.74, 6) is 0. The number of hydrogen-bond donors (Lipinski definition) is 0. The molecule has 0 aliphatic rings. The summed E-state index contributed by atoms with van der Waals surface area (Å²) in [5, 5.41) is 8.82. The second kappa shape index (κ2) is 4.90. The van der Waals surface area contributed by atoms with Crippen molar-refractivity contribution in [2.75, 3.05) is 0 Å². The number of allylic oxidation sites excluding steroid dienone is 1. The normalized spacial score (nSPS) is 10.8. The van der Waals surface area contributed by atoms with E-state index in [9.17, 15) is 0 Å². The Hall–Kier alpha value is -2.40. The van der Waals surface area contributed by atoms with Gasteiger partial charge in [-0.25, -0.2) is 0 Å². The number of pyridine rings is 1. The third-order valence-electron chi connectivity index (χ3n) is 2.29. The van der Waals surface area contributed by atoms with Crippen LogP contribution in [0.3, 0.4) is 0 Å². The molecule has 2 heteroatoms. The molecule has 0 radical (unpaired) electrons. The first-order valence-corrected chi connectivity index (χ1v) is 4.97. The molecule has 76 valence electrons. The predicted octanol–water partition coefficient (Wildman–Crippen LogP) is 3.04. The molecule has 1 heterocycles. The van der Waals surface area contributed by atoms with Gasteiger partial charge in [0.25, 0.3) is 0 Å². The minimum Gasteiger partial charge on any atom is -0.265 e. The van der Waals surface area contributed by atoms with E-state index in [4.69, 9.17) is 5.26 Å². The lowest BCUT2D eigenvalue weighted by molar-refractivity contribution is 1.31. The average Bonchev–Trinajstić information content (AvgIpc) is 2.38. The molecule has 0 saturated heterocycles. The fourth-order valence-electron chi connectivity index (χ4n) is 1.55. The van der Waals surface area contributed by atoms with Crippen molar-refractivity contribution < 1.29 is 0 Å². The first-order valence-electron chi connectivity index (χ1n) is 4.97. The molecule has 0 fully saturated rings. The summed E-state index contributed by atoms with van der Waals surface area (Å²) in [6, 6.07) is 15.7. The predicted molar refractivity (Wildman–Crippen MR) is 63.4 cm³/mol. The highest BCUT2D eigenvalue weighted by molar-refractivity contribution is 5.80. The molecule has 0 aliphatic heterocycles. The summed E-state index contributed by atoms with van der Waals surface area (Å²) in [4.78, 5) is 3.97. The van der Waals surface area contributed by atoms with Crippen molar-refractivity contribution in [1.82, 2.24) is 4.98 Å². The molecule has 1 aromatic carbocycles. The molecule has 0 spiro atoms. The van der Waals surface area contributed by atoms with Crippen LogP contribution in [0, 0.1) is 11.3 Å². The van der Waals surface area contributed by atoms with E-state index >= 15 is 0 Å². The molecular formula is C14H10N2. The van der Waals surface area contributed by atoms with E-state index in [1.807, 2.05) is 42.5 Å². The van der Waals surface area contributed by atoms with E-state index in [0.717, 1.165) is 16.7 Å². The van der Waals surface area contributed by atoms with Crippen LogP contribution in [0.5, 0.6) is 0 Å². The van der Waals surface area contributed by atoms with Gasteiger partial charge in [-0.05, 0) is 28.8 Å². The van der Waals surface area contributed by atoms with E-state index < -0.39 is 0 Å². The number of rotatable bonds is 2. The molecule has 0 unspecified atom stereocenters. The Kier molecular flexibility index (Phi) is 3.10. The van der Waals surface area contributed by atoms with Gasteiger partial charge in [0.1, 0.15) is 0 Å². The summed E-state index contributed by atoms with van der Waals surface area (Å²) >= 11 is 0. The molecule has 0 amide bonds. The Bertz CT molecular complexity index is 480. The van der Waals surface area contributed by atoms with Crippen molar-refractivity contribution in [2.24, 2.45) is 0 Å². The van der Waals surface area contributed by atoms with E-state index in [1.165, 1.54) is 0 Å². The second-order valence-electron chi connectivity index (χ2n) is 3.29. The van der Waals surface area contributed by atoms with Crippen molar-refractivity contribution in [3.8, 4) is 6.07 Å². The zero-order chi connectivity index (χ0) is 11.2. The Labute approximate surface area is 94.5 Å². The SMILES string of the molecule is N#C/C=C(\c1ccccc1)c1ccncc1. The summed E-state index contributed by atoms with van der Waals surface area (Å²) in [5.41, 5.74) is 2.96. The van der Waals surface area contributed by atoms with Crippen molar-refractivity contribution in [2.45, 2.75) is 0 Å². The van der Waals surface area contributed by atoms with Crippen molar-refractivity contribution in [3.05, 3.63) is 72.1 Å². The Morgan fingerprint density at radius 1 is 1.00 bits per heavy atom. The van der Waals surface area contributed by atoms with Crippen LogP contribution in [0.1, 0.15) is 11.1 Å². The highest BCUT2D eigenvalue weighted by Crippen LogP contribution is 2.21. The van der Waals surface area contributed by atoms with Crippen molar-refractivity contribution >= 4 is 5.57 Å². The molecule has 0 saturated carbocycles. The van der Waals surface area contributed by atoms with Crippen LogP contribution < -0.4 is 0 Å². The third-order valence-corrected chi connectivity index (χ3v) is 2.29. The van der Waals surface area contributed by atoms with E-state index in [1.54, 1.807) is 18.5 Å². The highest BCUT2D eigenvalue weighted by atomic mass is 14.6. The Balaban J connectivity index is 2.50. The van der Waals surface area contributed by atoms with E-state index in [2.05, 4.69) is 11.1 Å². The first kappa shape index (κ1) is 10.1. The van der Waals surface area contributed by atoms with Crippen LogP contribution in [0.25, 0.3) is 5.57 Å². The van der Waals surface area contributed by atoms with Crippen LogP contribution in [-0.4, -0.2) is 4.98 Å². The van der Waals surface area contributed by atoms with Gasteiger partial charge in [0, 0.05) is 18.5 Å². The number of aromatic nitrogens is 1. The van der Waals surface area contributed by atoms with Gasteiger partial charge in [0.05, 0.1) is 6.07 Å². The van der Waals surface area contributed by atoms with Crippen LogP contribution in [0.15, 0.2) is 60.9 Å². The van der Waals surface area contributed by atoms with Crippen LogP contribution >= 0.6 is 0 Å². The van der Waals surface area contributed by atoms with Gasteiger partial charge in [-0.15, -0.1) is 0 Å². The summed E-state index contributed by atoms with van der Waals surface area (Å²) in [6.45, 7) is 0. The molecule has 2 rings (SSSR count). The largest absolute Gasteiger partial charge is 0.265 e. The lowest BCUT2D eigenvalue weighted by Gasteiger charge is -2.05. The third kappa shape index (κ3) is 2.15. The van der Waals surface area contributed by atoms with Crippen LogP contribution in [0.2, 0.25) is 0 Å². The molecule has 0 N–H and O–H groups in total. The summed E-state index contributed by atoms with van der Waals surface area (Å²) in [7, 11) is 0. The van der Waals surface area contributed by atoms with E-state index in [-0.39, 0.29) is 0 Å². The molecule has 0 aliphatic carbocycles. The molecule has 2 nitrogen and oxygen atoms in total. The maximum Gasteiger partial charge on any atom is 0.0918 e. The number of benzene rings is 1. The van der Waals surface area contributed by atoms with E-state index in [0.29, 0.717) is 0 Å². The molecule has 0 bridgehead atoms. The van der Waals surface area contributed by atoms with Gasteiger partial charge in [0.2, 0.25) is 0 Å². The average molecular weight is 206 g/mol. The van der Waals surface area contributed by atoms with Gasteiger partial charge in [0.15, 0.2) is 0 Å². The molecule has 1 aromatic heterocycles. The van der Waals surface area contributed by atoms with Crippen LogP contribution in [0.4, 0.5) is 0 Å². The van der Waals surface area contributed by atoms with Crippen molar-refractivity contribution in [1.29, 1.82) is 5.26 Å². The monoisotopic (exact) mass is 206 g/mol. The topological polar surface area (TPSA) is 36.7 Å². The minimum atomic E-state index is 0.922. The second-order valence-corrected chi connectivity index (χ2v) is 3.29. The first-order chi connectivity index (χ1) is 7.92. The fraction of sp³-hybridized carbons (Fsp3) is 0. The maximum absolute atomic E-state index is 8.82. The smallest absolute Gasteiger partial charge is 0.0918 e. The van der Waals surface area contributed by atoms with Gasteiger partial charge in [-0.2, -0.15) is 5.26 Å². The molecule has 0 atom stereocenters. The zero-order valence-electron chi connectivity index (χ0n) is 8.67. The Morgan fingerprint density at radius 3 is 2.25 bits per heavy atom. The number of hydrogen-bond acceptors (Lipinski definition) is 2. The molecular weight excluding hydrogens is 196 g/mol. The summed E-state index contributed by atoms with van der Waals surface area (Å²) < 4.78 is 0. The van der Waals surface area contributed by atoms with Gasteiger partial charge in [-0.3, -0.25) is 4.98 Å². The quantitative estimate of drug-likeness (QED) is 0.708. The van der Waals surface area contributed by atoms with Gasteiger partial charge in [-0.1, -0.05) is 30.3 Å². The standard InChI is InChI=1S/C14H10N2/c15-9-6-14(12-4-2-1-3-5-12)13-7-10-16-11-8-13/h1-8,10-11H/b14-6+. The summed E-state index contributed by atoms with van der Waals surface area (Å²) in [6.07, 6.45) is 5.01. The Morgan fingerprint density at radius 2 is 1.62 bits per heavy atom. The number of nitriles is 1.